The molecule has 0 amide bonds. The number of ether oxygens (including phenoxy) is 1. The Morgan fingerprint density at radius 2 is 1.33 bits per heavy atom. The van der Waals surface area contributed by atoms with Gasteiger partial charge in [-0.2, -0.15) is 0 Å². The first-order valence-electron chi connectivity index (χ1n) is 13.9. The van der Waals surface area contributed by atoms with Gasteiger partial charge in [0, 0.05) is 0 Å². The van der Waals surface area contributed by atoms with Crippen LogP contribution in [0.5, 0.6) is 11.5 Å². The van der Waals surface area contributed by atoms with Gasteiger partial charge in [-0.1, -0.05) is 0 Å². The van der Waals surface area contributed by atoms with E-state index in [2.05, 4.69) is 76.9 Å². The summed E-state index contributed by atoms with van der Waals surface area (Å²) in [7, 11) is 0. The monoisotopic (exact) mass is 793 g/mol. The quantitative estimate of drug-likeness (QED) is 0.139. The fourth-order valence-electron chi connectivity index (χ4n) is 5.16. The molecule has 0 N–H and O–H groups in total. The molecule has 4 nitrogen and oxygen atoms in total. The van der Waals surface area contributed by atoms with E-state index in [1.54, 1.807) is 0 Å². The topological polar surface area (TPSA) is 52.1 Å². The molecule has 0 aliphatic carbocycles. The van der Waals surface area contributed by atoms with Gasteiger partial charge in [0.2, 0.25) is 0 Å². The van der Waals surface area contributed by atoms with Gasteiger partial charge in [0.25, 0.3) is 0 Å². The summed E-state index contributed by atoms with van der Waals surface area (Å²) in [5.74, 6) is 1.05. The minimum absolute atomic E-state index is 0. The van der Waals surface area contributed by atoms with Crippen LogP contribution in [0.3, 0.4) is 0 Å². The van der Waals surface area contributed by atoms with E-state index in [0.29, 0.717) is 11.5 Å². The molecule has 0 radical (unpaired) electrons. The number of hydrogen-bond donors (Lipinski definition) is 0. The zero-order valence-corrected chi connectivity index (χ0v) is 29.0. The van der Waals surface area contributed by atoms with E-state index in [4.69, 9.17) is 9.72 Å². The van der Waals surface area contributed by atoms with Gasteiger partial charge in [-0.05, 0) is 0 Å². The number of rotatable bonds is 4. The molecule has 0 bridgehead atoms. The summed E-state index contributed by atoms with van der Waals surface area (Å²) in [4.78, 5) is 9.34. The molecule has 212 valence electrons. The molecule has 0 saturated heterocycles. The third-order valence-corrected chi connectivity index (χ3v) is 11.3. The van der Waals surface area contributed by atoms with E-state index in [0.717, 1.165) is 42.4 Å². The minimum Gasteiger partial charge on any atom is 2.00 e. The predicted octanol–water partition coefficient (Wildman–Crippen LogP) is 7.31. The Morgan fingerprint density at radius 1 is 0.690 bits per heavy atom. The Bertz CT molecular complexity index is 1820. The van der Waals surface area contributed by atoms with Crippen LogP contribution in [0.25, 0.3) is 33.6 Å². The fraction of sp³-hybridized carbons (Fsp3) is 0.222. The Labute approximate surface area is 267 Å². The zero-order chi connectivity index (χ0) is 28.9. The number of hydrogen-bond acceptors (Lipinski definition) is 4. The molecule has 0 fully saturated rings. The molecule has 1 aliphatic heterocycles. The van der Waals surface area contributed by atoms with E-state index in [1.807, 2.05) is 67.0 Å². The van der Waals surface area contributed by atoms with Crippen molar-refractivity contribution in [2.75, 3.05) is 0 Å². The molecule has 0 atom stereocenters. The maximum Gasteiger partial charge on any atom is 2.00 e. The van der Waals surface area contributed by atoms with Gasteiger partial charge < -0.3 is 0 Å². The molecule has 2 aromatic heterocycles. The molecule has 6 heteroatoms. The zero-order valence-electron chi connectivity index (χ0n) is 24.6. The number of pyridine rings is 2. The van der Waals surface area contributed by atoms with Gasteiger partial charge in [-0.25, -0.2) is 0 Å². The van der Waals surface area contributed by atoms with Crippen LogP contribution in [0.15, 0.2) is 85.2 Å². The smallest absolute Gasteiger partial charge is 2.00 e. The third kappa shape index (κ3) is 5.85. The number of aromatic nitrogens is 2. The van der Waals surface area contributed by atoms with Gasteiger partial charge >= 0.3 is 269 Å². The molecule has 3 heterocycles. The van der Waals surface area contributed by atoms with Crippen molar-refractivity contribution in [3.8, 4) is 45.1 Å². The normalized spacial score (nSPS) is 12.4. The van der Waals surface area contributed by atoms with Crippen LogP contribution in [-0.4, -0.2) is 24.3 Å². The van der Waals surface area contributed by atoms with Crippen molar-refractivity contribution in [1.82, 2.24) is 9.97 Å². The van der Waals surface area contributed by atoms with Crippen molar-refractivity contribution in [1.29, 1.82) is 0 Å². The van der Waals surface area contributed by atoms with Gasteiger partial charge in [0.05, 0.1) is 0 Å². The van der Waals surface area contributed by atoms with Crippen molar-refractivity contribution < 1.29 is 29.6 Å². The minimum atomic E-state index is -2.99. The van der Waals surface area contributed by atoms with Gasteiger partial charge in [0.15, 0.2) is 0 Å². The molecule has 42 heavy (non-hydrogen) atoms. The number of benzene rings is 3. The average Bonchev–Trinajstić information content (AvgIpc) is 3.24. The van der Waals surface area contributed by atoms with Crippen LogP contribution in [0.1, 0.15) is 52.7 Å². The maximum atomic E-state index is 13.8. The number of nitrogens with zero attached hydrogens (tertiary/aromatic N) is 2. The second-order valence-corrected chi connectivity index (χ2v) is 16.2. The third-order valence-electron chi connectivity index (χ3n) is 7.50. The molecule has 1 aliphatic rings. The van der Waals surface area contributed by atoms with Crippen molar-refractivity contribution in [2.45, 2.75) is 52.4 Å². The van der Waals surface area contributed by atoms with Crippen molar-refractivity contribution >= 4 is 23.1 Å². The summed E-state index contributed by atoms with van der Waals surface area (Å²) in [5.41, 5.74) is 7.60. The summed E-state index contributed by atoms with van der Waals surface area (Å²) in [6.07, 6.45) is 3.68. The van der Waals surface area contributed by atoms with Crippen LogP contribution >= 0.6 is 0 Å². The second kappa shape index (κ2) is 11.5. The van der Waals surface area contributed by atoms with Crippen LogP contribution in [0.2, 0.25) is 0 Å². The fourth-order valence-corrected chi connectivity index (χ4v) is 8.81. The molecular weight excluding hydrogens is 760 g/mol. The summed E-state index contributed by atoms with van der Waals surface area (Å²) >= 11 is -2.99. The second-order valence-electron chi connectivity index (χ2n) is 12.6. The van der Waals surface area contributed by atoms with Crippen LogP contribution in [0, 0.1) is 12.1 Å². The van der Waals surface area contributed by atoms with Gasteiger partial charge in [0.1, 0.15) is 0 Å². The van der Waals surface area contributed by atoms with E-state index in [-0.39, 0.29) is 31.9 Å². The van der Waals surface area contributed by atoms with E-state index < -0.39 is 14.3 Å². The van der Waals surface area contributed by atoms with Crippen LogP contribution < -0.4 is 13.5 Å². The molecule has 0 spiro atoms. The van der Waals surface area contributed by atoms with Crippen molar-refractivity contribution in [3.05, 3.63) is 108 Å². The first-order valence-corrected chi connectivity index (χ1v) is 16.8. The molecule has 0 unspecified atom stereocenters. The standard InChI is InChI=1S/C36H32GeN2O2.Pt/c1-35(2,3)24-14-16-38-32(19-24)23-10-9-11-26(18-23)41-27-21-29(33-20-25(15-17-39-33)36(4,5)6)34-28-12-7-8-13-30(28)37(40)31(34)22-27;/h7-17,19-20,22H,1-6H3;/q-2;+2. The van der Waals surface area contributed by atoms with Gasteiger partial charge in [-0.15, -0.1) is 0 Å². The molecule has 6 rings (SSSR count). The van der Waals surface area contributed by atoms with Crippen LogP contribution in [-0.2, 0) is 35.7 Å². The van der Waals surface area contributed by atoms with E-state index >= 15 is 0 Å². The number of fused-ring (bicyclic) bond motifs is 3. The summed E-state index contributed by atoms with van der Waals surface area (Å²) in [6, 6.07) is 30.9. The summed E-state index contributed by atoms with van der Waals surface area (Å²) in [6.45, 7) is 13.1. The molecule has 5 aromatic rings. The largest absolute Gasteiger partial charge is 2.00 e. The first-order chi connectivity index (χ1) is 19.5. The molecule has 3 aromatic carbocycles. The summed E-state index contributed by atoms with van der Waals surface area (Å²) < 4.78 is 22.0. The Kier molecular flexibility index (Phi) is 8.26. The average molecular weight is 792 g/mol. The van der Waals surface area contributed by atoms with Crippen molar-refractivity contribution in [3.63, 3.8) is 0 Å². The van der Waals surface area contributed by atoms with Crippen LogP contribution in [0.4, 0.5) is 0 Å². The predicted molar refractivity (Wildman–Crippen MR) is 166 cm³/mol. The Hall–Kier alpha value is -3.21. The molecule has 0 saturated carbocycles. The Morgan fingerprint density at radius 3 is 2.02 bits per heavy atom. The first kappa shape index (κ1) is 30.3. The SMILES string of the molecule is CC(C)(C)c1ccnc(-c2[c-]c(Oc3[c-]c(-c4cc(C(C)(C)C)ccn4)c4[c](c3)[Ge](=[O])[c]3ccccc3-4)ccc2)c1.[Pt+2]. The van der Waals surface area contributed by atoms with E-state index in [9.17, 15) is 3.78 Å². The maximum absolute atomic E-state index is 13.8. The Balaban J connectivity index is 0.00000353. The van der Waals surface area contributed by atoms with E-state index in [1.165, 1.54) is 11.1 Å². The molecular formula is C36H32GeN2O2Pt. The summed E-state index contributed by atoms with van der Waals surface area (Å²) in [5, 5.41) is 0. The van der Waals surface area contributed by atoms with Gasteiger partial charge in [-0.3, -0.25) is 0 Å². The van der Waals surface area contributed by atoms with Crippen molar-refractivity contribution in [2.24, 2.45) is 0 Å².